The first-order chi connectivity index (χ1) is 18.5. The number of fused-ring (bicyclic) bond motifs is 2. The van der Waals surface area contributed by atoms with Crippen molar-refractivity contribution in [3.8, 4) is 0 Å². The minimum Gasteiger partial charge on any atom is -0.482 e. The van der Waals surface area contributed by atoms with Crippen LogP contribution in [0.1, 0.15) is 58.3 Å². The van der Waals surface area contributed by atoms with E-state index < -0.39 is 0 Å². The second-order valence-corrected chi connectivity index (χ2v) is 10.9. The van der Waals surface area contributed by atoms with Crippen molar-refractivity contribution in [2.75, 3.05) is 6.54 Å². The molecule has 38 heavy (non-hydrogen) atoms. The maximum atomic E-state index is 13.6. The van der Waals surface area contributed by atoms with Gasteiger partial charge in [-0.25, -0.2) is 0 Å². The van der Waals surface area contributed by atoms with Crippen molar-refractivity contribution in [3.05, 3.63) is 111 Å². The van der Waals surface area contributed by atoms with Crippen molar-refractivity contribution in [3.63, 3.8) is 0 Å². The van der Waals surface area contributed by atoms with Crippen LogP contribution in [0.4, 0.5) is 0 Å². The molecule has 1 saturated carbocycles. The molecule has 1 aliphatic carbocycles. The summed E-state index contributed by atoms with van der Waals surface area (Å²) < 4.78 is 6.27. The Morgan fingerprint density at radius 3 is 2.47 bits per heavy atom. The molecule has 3 aliphatic rings. The van der Waals surface area contributed by atoms with Gasteiger partial charge < -0.3 is 14.5 Å². The first kappa shape index (κ1) is 24.7. The summed E-state index contributed by atoms with van der Waals surface area (Å²) in [6.45, 7) is 1.88. The van der Waals surface area contributed by atoms with Crippen LogP contribution >= 0.6 is 11.6 Å². The molecule has 2 atom stereocenters. The maximum Gasteiger partial charge on any atom is 0.289 e. The van der Waals surface area contributed by atoms with E-state index >= 15 is 0 Å². The third-order valence-electron chi connectivity index (χ3n) is 7.96. The highest BCUT2D eigenvalue weighted by molar-refractivity contribution is 6.30. The van der Waals surface area contributed by atoms with Gasteiger partial charge in [0, 0.05) is 30.2 Å². The maximum absolute atomic E-state index is 13.6. The van der Waals surface area contributed by atoms with Crippen molar-refractivity contribution in [2.45, 2.75) is 57.3 Å². The van der Waals surface area contributed by atoms with E-state index in [0.717, 1.165) is 49.8 Å². The van der Waals surface area contributed by atoms with Gasteiger partial charge in [0.25, 0.3) is 11.8 Å². The highest BCUT2D eigenvalue weighted by Crippen LogP contribution is 2.34. The minimum absolute atomic E-state index is 0.00262. The molecular formula is C32H31ClN2O3. The molecule has 5 nitrogen and oxygen atoms in total. The van der Waals surface area contributed by atoms with E-state index in [1.54, 1.807) is 0 Å². The summed E-state index contributed by atoms with van der Waals surface area (Å²) in [5, 5.41) is 0.685. The zero-order chi connectivity index (χ0) is 26.1. The smallest absolute Gasteiger partial charge is 0.289 e. The van der Waals surface area contributed by atoms with E-state index in [1.165, 1.54) is 11.1 Å². The van der Waals surface area contributed by atoms with Crippen LogP contribution in [-0.2, 0) is 29.0 Å². The second kappa shape index (κ2) is 10.7. The molecule has 2 fully saturated rings. The lowest BCUT2D eigenvalue weighted by Gasteiger charge is -2.44. The summed E-state index contributed by atoms with van der Waals surface area (Å²) in [5.74, 6) is 0.312. The fourth-order valence-corrected chi connectivity index (χ4v) is 6.00. The van der Waals surface area contributed by atoms with Crippen LogP contribution in [0.15, 0.2) is 78.6 Å². The van der Waals surface area contributed by atoms with E-state index in [4.69, 9.17) is 16.3 Å². The van der Waals surface area contributed by atoms with Gasteiger partial charge in [-0.3, -0.25) is 9.59 Å². The lowest BCUT2D eigenvalue weighted by Crippen LogP contribution is -2.54. The third kappa shape index (κ3) is 5.08. The largest absolute Gasteiger partial charge is 0.482 e. The van der Waals surface area contributed by atoms with E-state index in [-0.39, 0.29) is 24.0 Å². The molecule has 1 saturated heterocycles. The van der Waals surface area contributed by atoms with Gasteiger partial charge in [0.1, 0.15) is 6.10 Å². The minimum atomic E-state index is -0.0877. The number of nitrogens with zero attached hydrogens (tertiary/aromatic N) is 2. The lowest BCUT2D eigenvalue weighted by molar-refractivity contribution is -0.149. The van der Waals surface area contributed by atoms with Gasteiger partial charge in [0.15, 0.2) is 5.76 Å². The summed E-state index contributed by atoms with van der Waals surface area (Å²) in [5.41, 5.74) is 5.08. The van der Waals surface area contributed by atoms with Gasteiger partial charge in [-0.2, -0.15) is 0 Å². The number of hydrogen-bond donors (Lipinski definition) is 0. The van der Waals surface area contributed by atoms with E-state index in [1.807, 2.05) is 70.5 Å². The molecule has 0 aromatic heterocycles. The molecular weight excluding hydrogens is 496 g/mol. The number of amides is 2. The van der Waals surface area contributed by atoms with Gasteiger partial charge >= 0.3 is 0 Å². The Morgan fingerprint density at radius 2 is 1.68 bits per heavy atom. The number of benzene rings is 3. The third-order valence-corrected chi connectivity index (χ3v) is 8.21. The Hall–Kier alpha value is -3.57. The van der Waals surface area contributed by atoms with Crippen molar-refractivity contribution in [1.29, 1.82) is 0 Å². The summed E-state index contributed by atoms with van der Waals surface area (Å²) in [4.78, 5) is 30.6. The van der Waals surface area contributed by atoms with Crippen LogP contribution in [0.25, 0.3) is 6.08 Å². The predicted molar refractivity (Wildman–Crippen MR) is 148 cm³/mol. The normalized spacial score (nSPS) is 22.0. The van der Waals surface area contributed by atoms with E-state index in [0.29, 0.717) is 29.4 Å². The Kier molecular flexibility index (Phi) is 6.94. The topological polar surface area (TPSA) is 49.9 Å². The highest BCUT2D eigenvalue weighted by Gasteiger charge is 2.41. The molecule has 2 unspecified atom stereocenters. The molecule has 0 radical (unpaired) electrons. The molecule has 0 bridgehead atoms. The molecule has 2 aliphatic heterocycles. The lowest BCUT2D eigenvalue weighted by atomic mass is 9.89. The second-order valence-electron chi connectivity index (χ2n) is 10.4. The van der Waals surface area contributed by atoms with Crippen molar-refractivity contribution in [1.82, 2.24) is 9.80 Å². The highest BCUT2D eigenvalue weighted by atomic mass is 35.5. The van der Waals surface area contributed by atoms with Crippen LogP contribution in [-0.4, -0.2) is 40.3 Å². The van der Waals surface area contributed by atoms with E-state index in [9.17, 15) is 9.59 Å². The summed E-state index contributed by atoms with van der Waals surface area (Å²) >= 11 is 6.07. The Balaban J connectivity index is 1.19. The number of halogens is 1. The SMILES string of the molecule is O=C(c1ccc(/C=C2\OC3CCCCC3N(Cc3ccc(Cl)cc3)C2=O)cc1)N1CCc2ccccc2C1. The zero-order valence-corrected chi connectivity index (χ0v) is 22.1. The number of hydrogen-bond acceptors (Lipinski definition) is 3. The Bertz CT molecular complexity index is 1370. The molecule has 3 aromatic rings. The molecule has 194 valence electrons. The molecule has 0 N–H and O–H groups in total. The fourth-order valence-electron chi connectivity index (χ4n) is 5.87. The van der Waals surface area contributed by atoms with E-state index in [2.05, 4.69) is 18.2 Å². The predicted octanol–water partition coefficient (Wildman–Crippen LogP) is 6.25. The fraction of sp³-hybridized carbons (Fsp3) is 0.312. The van der Waals surface area contributed by atoms with Crippen LogP contribution in [0.5, 0.6) is 0 Å². The summed E-state index contributed by atoms with van der Waals surface area (Å²) in [6.07, 6.45) is 6.80. The van der Waals surface area contributed by atoms with Gasteiger partial charge in [0.2, 0.25) is 0 Å². The first-order valence-corrected chi connectivity index (χ1v) is 13.8. The standard InChI is InChI=1S/C32H31ClN2O3/c33-27-15-11-23(12-16-27)20-35-28-7-3-4-8-29(28)38-30(32(35)37)19-22-9-13-25(14-10-22)31(36)34-18-17-24-5-1-2-6-26(24)21-34/h1-2,5-6,9-16,19,28-29H,3-4,7-8,17-18,20-21H2/b30-19-. The van der Waals surface area contributed by atoms with Crippen molar-refractivity contribution in [2.24, 2.45) is 0 Å². The van der Waals surface area contributed by atoms with Crippen molar-refractivity contribution < 1.29 is 14.3 Å². The van der Waals surface area contributed by atoms with Gasteiger partial charge in [-0.05, 0) is 78.3 Å². The zero-order valence-electron chi connectivity index (χ0n) is 21.3. The molecule has 6 heteroatoms. The number of carbonyl (C=O) groups is 2. The molecule has 6 rings (SSSR count). The Labute approximate surface area is 228 Å². The van der Waals surface area contributed by atoms with Crippen LogP contribution in [0, 0.1) is 0 Å². The first-order valence-electron chi connectivity index (χ1n) is 13.4. The molecule has 3 aromatic carbocycles. The van der Waals surface area contributed by atoms with Gasteiger partial charge in [-0.15, -0.1) is 0 Å². The van der Waals surface area contributed by atoms with Crippen LogP contribution in [0.3, 0.4) is 0 Å². The van der Waals surface area contributed by atoms with Gasteiger partial charge in [-0.1, -0.05) is 66.6 Å². The Morgan fingerprint density at radius 1 is 0.947 bits per heavy atom. The molecule has 0 spiro atoms. The summed E-state index contributed by atoms with van der Waals surface area (Å²) in [6, 6.07) is 23.5. The van der Waals surface area contributed by atoms with Crippen LogP contribution < -0.4 is 0 Å². The quantitative estimate of drug-likeness (QED) is 0.378. The average molecular weight is 527 g/mol. The molecule has 2 amide bonds. The summed E-state index contributed by atoms with van der Waals surface area (Å²) in [7, 11) is 0. The number of carbonyl (C=O) groups excluding carboxylic acids is 2. The number of rotatable bonds is 4. The van der Waals surface area contributed by atoms with Crippen LogP contribution in [0.2, 0.25) is 5.02 Å². The number of morpholine rings is 1. The number of ether oxygens (including phenoxy) is 1. The average Bonchev–Trinajstić information content (AvgIpc) is 2.96. The monoisotopic (exact) mass is 526 g/mol. The van der Waals surface area contributed by atoms with Crippen molar-refractivity contribution >= 4 is 29.5 Å². The molecule has 2 heterocycles. The van der Waals surface area contributed by atoms with Gasteiger partial charge in [0.05, 0.1) is 6.04 Å².